The van der Waals surface area contributed by atoms with Crippen LogP contribution in [0.1, 0.15) is 18.1 Å². The highest BCUT2D eigenvalue weighted by atomic mass is 16.3. The van der Waals surface area contributed by atoms with Gasteiger partial charge in [-0.25, -0.2) is 0 Å². The summed E-state index contributed by atoms with van der Waals surface area (Å²) in [6.45, 7) is 0.874. The Bertz CT molecular complexity index is 367. The van der Waals surface area contributed by atoms with Crippen LogP contribution in [0.5, 0.6) is 0 Å². The molecule has 1 aliphatic heterocycles. The van der Waals surface area contributed by atoms with Crippen molar-refractivity contribution in [1.82, 2.24) is 4.90 Å². The third kappa shape index (κ3) is 2.40. The van der Waals surface area contributed by atoms with E-state index in [4.69, 9.17) is 5.73 Å². The zero-order valence-corrected chi connectivity index (χ0v) is 9.04. The predicted octanol–water partition coefficient (Wildman–Crippen LogP) is 0.280. The maximum Gasteiger partial charge on any atom is 0.224 e. The van der Waals surface area contributed by atoms with E-state index in [1.807, 2.05) is 30.3 Å². The van der Waals surface area contributed by atoms with Gasteiger partial charge in [-0.3, -0.25) is 4.79 Å². The zero-order chi connectivity index (χ0) is 11.5. The average Bonchev–Trinajstić information content (AvgIpc) is 2.59. The second kappa shape index (κ2) is 4.63. The Balaban J connectivity index is 1.98. The molecular formula is C12H16N2O2. The number of hydrogen-bond donors (Lipinski definition) is 2. The van der Waals surface area contributed by atoms with E-state index >= 15 is 0 Å². The second-order valence-corrected chi connectivity index (χ2v) is 4.19. The van der Waals surface area contributed by atoms with Crippen molar-refractivity contribution in [2.24, 2.45) is 5.73 Å². The molecule has 0 saturated carbocycles. The van der Waals surface area contributed by atoms with Crippen LogP contribution in [0.4, 0.5) is 0 Å². The van der Waals surface area contributed by atoms with E-state index in [-0.39, 0.29) is 11.9 Å². The molecule has 16 heavy (non-hydrogen) atoms. The molecule has 4 nitrogen and oxygen atoms in total. The van der Waals surface area contributed by atoms with Gasteiger partial charge in [0, 0.05) is 19.0 Å². The summed E-state index contributed by atoms with van der Waals surface area (Å²) in [6.07, 6.45) is -0.239. The molecule has 2 atom stereocenters. The van der Waals surface area contributed by atoms with Crippen LogP contribution in [0.3, 0.4) is 0 Å². The molecule has 1 fully saturated rings. The van der Waals surface area contributed by atoms with Crippen molar-refractivity contribution in [3.8, 4) is 0 Å². The zero-order valence-electron chi connectivity index (χ0n) is 9.04. The van der Waals surface area contributed by atoms with Gasteiger partial charge in [-0.2, -0.15) is 0 Å². The molecule has 1 aromatic rings. The molecule has 0 spiro atoms. The van der Waals surface area contributed by atoms with Gasteiger partial charge in [-0.1, -0.05) is 30.3 Å². The fourth-order valence-corrected chi connectivity index (χ4v) is 1.97. The number of nitrogens with zero attached hydrogens (tertiary/aromatic N) is 1. The molecule has 1 heterocycles. The number of rotatable bonds is 3. The van der Waals surface area contributed by atoms with Gasteiger partial charge >= 0.3 is 0 Å². The molecular weight excluding hydrogens is 204 g/mol. The Kier molecular flexibility index (Phi) is 3.22. The van der Waals surface area contributed by atoms with Gasteiger partial charge < -0.3 is 15.7 Å². The number of aliphatic hydroxyl groups excluding tert-OH is 1. The Hall–Kier alpha value is -1.39. The van der Waals surface area contributed by atoms with Crippen molar-refractivity contribution in [2.45, 2.75) is 18.6 Å². The maximum absolute atomic E-state index is 11.5. The summed E-state index contributed by atoms with van der Waals surface area (Å²) in [4.78, 5) is 13.1. The highest BCUT2D eigenvalue weighted by Gasteiger charge is 2.28. The number of amides is 1. The average molecular weight is 220 g/mol. The van der Waals surface area contributed by atoms with Crippen molar-refractivity contribution >= 4 is 5.91 Å². The molecule has 86 valence electrons. The van der Waals surface area contributed by atoms with Gasteiger partial charge in [0.25, 0.3) is 0 Å². The summed E-state index contributed by atoms with van der Waals surface area (Å²) in [6, 6.07) is 9.26. The fourth-order valence-electron chi connectivity index (χ4n) is 1.97. The number of carbonyl (C=O) groups excluding carboxylic acids is 1. The van der Waals surface area contributed by atoms with Gasteiger partial charge in [0.1, 0.15) is 0 Å². The van der Waals surface area contributed by atoms with Crippen LogP contribution in [-0.4, -0.2) is 35.0 Å². The molecule has 2 rings (SSSR count). The molecule has 0 aliphatic carbocycles. The first-order valence-electron chi connectivity index (χ1n) is 5.43. The number of carbonyl (C=O) groups is 1. The number of nitrogens with two attached hydrogens (primary N) is 1. The lowest BCUT2D eigenvalue weighted by molar-refractivity contribution is -0.128. The Morgan fingerprint density at radius 1 is 1.44 bits per heavy atom. The number of hydrogen-bond acceptors (Lipinski definition) is 3. The van der Waals surface area contributed by atoms with Crippen molar-refractivity contribution < 1.29 is 9.90 Å². The SMILES string of the molecule is NC1CC(=O)N(C[C@@H](O)c2ccccc2)C1. The maximum atomic E-state index is 11.5. The van der Waals surface area contributed by atoms with Gasteiger partial charge in [0.2, 0.25) is 5.91 Å². The summed E-state index contributed by atoms with van der Waals surface area (Å²) >= 11 is 0. The quantitative estimate of drug-likeness (QED) is 0.769. The topological polar surface area (TPSA) is 66.6 Å². The molecule has 1 aromatic carbocycles. The Morgan fingerprint density at radius 2 is 2.12 bits per heavy atom. The van der Waals surface area contributed by atoms with Gasteiger partial charge in [0.05, 0.1) is 12.6 Å². The van der Waals surface area contributed by atoms with E-state index in [2.05, 4.69) is 0 Å². The summed E-state index contributed by atoms with van der Waals surface area (Å²) < 4.78 is 0. The number of β-amino-alcohol motifs (C(OH)–C–C–N with tert-alkyl or cyclic N) is 1. The predicted molar refractivity (Wildman–Crippen MR) is 60.6 cm³/mol. The molecule has 1 amide bonds. The largest absolute Gasteiger partial charge is 0.387 e. The number of benzene rings is 1. The van der Waals surface area contributed by atoms with Crippen LogP contribution in [-0.2, 0) is 4.79 Å². The van der Waals surface area contributed by atoms with E-state index in [0.29, 0.717) is 19.5 Å². The summed E-state index contributed by atoms with van der Waals surface area (Å²) in [5, 5.41) is 9.95. The minimum Gasteiger partial charge on any atom is -0.387 e. The van der Waals surface area contributed by atoms with Crippen LogP contribution in [0.25, 0.3) is 0 Å². The van der Waals surface area contributed by atoms with Crippen LogP contribution in [0.2, 0.25) is 0 Å². The third-order valence-electron chi connectivity index (χ3n) is 2.82. The third-order valence-corrected chi connectivity index (χ3v) is 2.82. The number of aliphatic hydroxyl groups is 1. The molecule has 1 saturated heterocycles. The fraction of sp³-hybridized carbons (Fsp3) is 0.417. The standard InChI is InChI=1S/C12H16N2O2/c13-10-6-12(16)14(7-10)8-11(15)9-4-2-1-3-5-9/h1-5,10-11,15H,6-8,13H2/t10?,11-/m1/s1. The molecule has 0 aromatic heterocycles. The summed E-state index contributed by atoms with van der Waals surface area (Å²) in [5.74, 6) is 0.0301. The smallest absolute Gasteiger partial charge is 0.224 e. The molecule has 4 heteroatoms. The first kappa shape index (κ1) is 11.1. The lowest BCUT2D eigenvalue weighted by Crippen LogP contribution is -2.32. The summed E-state index contributed by atoms with van der Waals surface area (Å²) in [7, 11) is 0. The normalized spacial score (nSPS) is 22.5. The first-order valence-corrected chi connectivity index (χ1v) is 5.43. The van der Waals surface area contributed by atoms with Gasteiger partial charge in [0.15, 0.2) is 0 Å². The van der Waals surface area contributed by atoms with E-state index in [9.17, 15) is 9.90 Å². The highest BCUT2D eigenvalue weighted by Crippen LogP contribution is 2.17. The molecule has 0 bridgehead atoms. The van der Waals surface area contributed by atoms with Crippen molar-refractivity contribution in [2.75, 3.05) is 13.1 Å². The van der Waals surface area contributed by atoms with Crippen LogP contribution in [0, 0.1) is 0 Å². The Labute approximate surface area is 94.7 Å². The van der Waals surface area contributed by atoms with E-state index < -0.39 is 6.10 Å². The van der Waals surface area contributed by atoms with E-state index in [1.165, 1.54) is 0 Å². The number of likely N-dealkylation sites (tertiary alicyclic amines) is 1. The van der Waals surface area contributed by atoms with Crippen molar-refractivity contribution in [3.63, 3.8) is 0 Å². The molecule has 1 aliphatic rings. The molecule has 1 unspecified atom stereocenters. The highest BCUT2D eigenvalue weighted by molar-refractivity contribution is 5.79. The molecule has 0 radical (unpaired) electrons. The van der Waals surface area contributed by atoms with E-state index in [1.54, 1.807) is 4.90 Å². The van der Waals surface area contributed by atoms with Crippen LogP contribution in [0.15, 0.2) is 30.3 Å². The monoisotopic (exact) mass is 220 g/mol. The van der Waals surface area contributed by atoms with Crippen LogP contribution < -0.4 is 5.73 Å². The lowest BCUT2D eigenvalue weighted by Gasteiger charge is -2.20. The second-order valence-electron chi connectivity index (χ2n) is 4.19. The minimum absolute atomic E-state index is 0.0301. The Morgan fingerprint density at radius 3 is 2.69 bits per heavy atom. The lowest BCUT2D eigenvalue weighted by atomic mass is 10.1. The van der Waals surface area contributed by atoms with Crippen LogP contribution >= 0.6 is 0 Å². The molecule has 3 N–H and O–H groups in total. The van der Waals surface area contributed by atoms with Crippen molar-refractivity contribution in [1.29, 1.82) is 0 Å². The van der Waals surface area contributed by atoms with Crippen molar-refractivity contribution in [3.05, 3.63) is 35.9 Å². The van der Waals surface area contributed by atoms with Gasteiger partial charge in [-0.05, 0) is 5.56 Å². The summed E-state index contributed by atoms with van der Waals surface area (Å²) in [5.41, 5.74) is 6.52. The van der Waals surface area contributed by atoms with E-state index in [0.717, 1.165) is 5.56 Å². The van der Waals surface area contributed by atoms with Gasteiger partial charge in [-0.15, -0.1) is 0 Å². The first-order chi connectivity index (χ1) is 7.66. The minimum atomic E-state index is -0.629.